The van der Waals surface area contributed by atoms with E-state index < -0.39 is 21.6 Å². The molecule has 0 aliphatic heterocycles. The van der Waals surface area contributed by atoms with Crippen LogP contribution in [0.15, 0.2) is 54.6 Å². The van der Waals surface area contributed by atoms with Crippen LogP contribution < -0.4 is 9.62 Å². The summed E-state index contributed by atoms with van der Waals surface area (Å²) in [7, 11) is -3.53. The third-order valence-electron chi connectivity index (χ3n) is 5.13. The first-order valence-corrected chi connectivity index (χ1v) is 13.0. The van der Waals surface area contributed by atoms with Crippen LogP contribution in [-0.2, 0) is 26.2 Å². The van der Waals surface area contributed by atoms with Gasteiger partial charge in [-0.2, -0.15) is 0 Å². The van der Waals surface area contributed by atoms with E-state index in [1.165, 1.54) is 21.3 Å². The minimum Gasteiger partial charge on any atom is -0.350 e. The first-order valence-electron chi connectivity index (χ1n) is 11.2. The van der Waals surface area contributed by atoms with Crippen LogP contribution in [0.4, 0.5) is 10.1 Å². The summed E-state index contributed by atoms with van der Waals surface area (Å²) in [5, 5.41) is 2.88. The van der Waals surface area contributed by atoms with Crippen LogP contribution >= 0.6 is 0 Å². The van der Waals surface area contributed by atoms with Crippen molar-refractivity contribution in [2.24, 2.45) is 0 Å². The van der Waals surface area contributed by atoms with Gasteiger partial charge < -0.3 is 10.2 Å². The fourth-order valence-corrected chi connectivity index (χ4v) is 4.41. The topological polar surface area (TPSA) is 86.8 Å². The summed E-state index contributed by atoms with van der Waals surface area (Å²) >= 11 is 0. The van der Waals surface area contributed by atoms with E-state index >= 15 is 0 Å². The predicted molar refractivity (Wildman–Crippen MR) is 132 cm³/mol. The van der Waals surface area contributed by atoms with Crippen molar-refractivity contribution in [3.05, 3.63) is 66.0 Å². The normalized spacial score (nSPS) is 12.6. The number of hydrogen-bond acceptors (Lipinski definition) is 4. The van der Waals surface area contributed by atoms with Gasteiger partial charge in [0.1, 0.15) is 11.9 Å². The number of nitrogens with one attached hydrogen (secondary N) is 1. The van der Waals surface area contributed by atoms with Crippen LogP contribution in [0.25, 0.3) is 0 Å². The van der Waals surface area contributed by atoms with E-state index in [2.05, 4.69) is 5.32 Å². The molecular weight excluding hydrogens is 457 g/mol. The van der Waals surface area contributed by atoms with E-state index in [0.29, 0.717) is 11.3 Å². The molecule has 0 saturated heterocycles. The maximum Gasteiger partial charge on any atom is 0.242 e. The molecule has 2 aromatic rings. The van der Waals surface area contributed by atoms with E-state index in [1.807, 2.05) is 20.8 Å². The number of benzene rings is 2. The van der Waals surface area contributed by atoms with Crippen molar-refractivity contribution in [1.82, 2.24) is 10.2 Å². The largest absolute Gasteiger partial charge is 0.350 e. The molecule has 1 atom stereocenters. The van der Waals surface area contributed by atoms with E-state index in [9.17, 15) is 22.4 Å². The minimum absolute atomic E-state index is 0.0488. The van der Waals surface area contributed by atoms with Crippen LogP contribution in [0.2, 0.25) is 0 Å². The lowest BCUT2D eigenvalue weighted by Crippen LogP contribution is -2.52. The van der Waals surface area contributed by atoms with E-state index in [-0.39, 0.29) is 43.6 Å². The lowest BCUT2D eigenvalue weighted by atomic mass is 10.1. The molecule has 2 rings (SSSR count). The van der Waals surface area contributed by atoms with Gasteiger partial charge in [0.25, 0.3) is 0 Å². The Balaban J connectivity index is 2.16. The number of sulfonamides is 1. The smallest absolute Gasteiger partial charge is 0.242 e. The molecule has 0 spiro atoms. The average Bonchev–Trinajstić information content (AvgIpc) is 2.74. The Bertz CT molecular complexity index is 1070. The summed E-state index contributed by atoms with van der Waals surface area (Å²) in [6.45, 7) is 7.47. The molecular formula is C25H34FN3O4S. The van der Waals surface area contributed by atoms with Gasteiger partial charge in [-0.3, -0.25) is 13.9 Å². The Labute approximate surface area is 202 Å². The SMILES string of the molecule is C[C@H](C(=O)NC(C)(C)C)N(Cc1ccc(F)cc1)C(=O)CCCN(c1ccccc1)S(C)(=O)=O. The Morgan fingerprint density at radius 3 is 2.15 bits per heavy atom. The second kappa shape index (κ2) is 11.5. The lowest BCUT2D eigenvalue weighted by molar-refractivity contribution is -0.141. The van der Waals surface area contributed by atoms with Crippen molar-refractivity contribution in [2.75, 3.05) is 17.1 Å². The van der Waals surface area contributed by atoms with Gasteiger partial charge in [0, 0.05) is 25.0 Å². The number of carbonyl (C=O) groups excluding carboxylic acids is 2. The lowest BCUT2D eigenvalue weighted by Gasteiger charge is -2.32. The van der Waals surface area contributed by atoms with Gasteiger partial charge in [-0.1, -0.05) is 30.3 Å². The number of para-hydroxylation sites is 1. The van der Waals surface area contributed by atoms with Crippen molar-refractivity contribution in [1.29, 1.82) is 0 Å². The van der Waals surface area contributed by atoms with Crippen LogP contribution in [-0.4, -0.2) is 49.5 Å². The molecule has 0 aliphatic carbocycles. The maximum absolute atomic E-state index is 13.3. The first-order chi connectivity index (χ1) is 15.8. The molecule has 0 bridgehead atoms. The Morgan fingerprint density at radius 2 is 1.62 bits per heavy atom. The van der Waals surface area contributed by atoms with E-state index in [1.54, 1.807) is 49.4 Å². The minimum atomic E-state index is -3.53. The third-order valence-corrected chi connectivity index (χ3v) is 6.32. The van der Waals surface area contributed by atoms with Crippen molar-refractivity contribution < 1.29 is 22.4 Å². The third kappa shape index (κ3) is 8.44. The number of carbonyl (C=O) groups is 2. The quantitative estimate of drug-likeness (QED) is 0.549. The van der Waals surface area contributed by atoms with Gasteiger partial charge in [0.05, 0.1) is 11.9 Å². The maximum atomic E-state index is 13.3. The monoisotopic (exact) mass is 491 g/mol. The Morgan fingerprint density at radius 1 is 1.03 bits per heavy atom. The Hall–Kier alpha value is -2.94. The summed E-state index contributed by atoms with van der Waals surface area (Å²) in [4.78, 5) is 27.4. The standard InChI is InChI=1S/C25H34FN3O4S/c1-19(24(31)27-25(2,3)4)28(18-20-13-15-21(26)16-14-20)23(30)12-9-17-29(34(5,32)33)22-10-7-6-8-11-22/h6-8,10-11,13-16,19H,9,12,17-18H2,1-5H3,(H,27,31)/t19-/m1/s1. The molecule has 1 N–H and O–H groups in total. The molecule has 2 amide bonds. The van der Waals surface area contributed by atoms with Gasteiger partial charge in [-0.05, 0) is 63.9 Å². The molecule has 0 saturated carbocycles. The molecule has 2 aromatic carbocycles. The number of hydrogen-bond donors (Lipinski definition) is 1. The van der Waals surface area contributed by atoms with Gasteiger partial charge in [-0.15, -0.1) is 0 Å². The van der Waals surface area contributed by atoms with Gasteiger partial charge in [-0.25, -0.2) is 12.8 Å². The van der Waals surface area contributed by atoms with Gasteiger partial charge in [0.15, 0.2) is 0 Å². The molecule has 0 aliphatic rings. The molecule has 0 aromatic heterocycles. The second-order valence-electron chi connectivity index (χ2n) is 9.34. The summed E-state index contributed by atoms with van der Waals surface area (Å²) < 4.78 is 39.2. The molecule has 186 valence electrons. The van der Waals surface area contributed by atoms with Crippen molar-refractivity contribution in [3.63, 3.8) is 0 Å². The number of rotatable bonds is 10. The zero-order valence-corrected chi connectivity index (χ0v) is 21.2. The highest BCUT2D eigenvalue weighted by atomic mass is 32.2. The van der Waals surface area contributed by atoms with Gasteiger partial charge in [0.2, 0.25) is 21.8 Å². The molecule has 7 nitrogen and oxygen atoms in total. The number of anilines is 1. The highest BCUT2D eigenvalue weighted by Gasteiger charge is 2.28. The number of nitrogens with zero attached hydrogens (tertiary/aromatic N) is 2. The van der Waals surface area contributed by atoms with Gasteiger partial charge >= 0.3 is 0 Å². The summed E-state index contributed by atoms with van der Waals surface area (Å²) in [5.41, 5.74) is 0.743. The molecule has 0 radical (unpaired) electrons. The molecule has 0 fully saturated rings. The summed E-state index contributed by atoms with van der Waals surface area (Å²) in [6, 6.07) is 13.7. The molecule has 0 heterocycles. The molecule has 0 unspecified atom stereocenters. The highest BCUT2D eigenvalue weighted by Crippen LogP contribution is 2.19. The van der Waals surface area contributed by atoms with Crippen LogP contribution in [0.3, 0.4) is 0 Å². The van der Waals surface area contributed by atoms with Crippen molar-refractivity contribution in [2.45, 2.75) is 58.7 Å². The zero-order chi connectivity index (χ0) is 25.5. The fraction of sp³-hybridized carbons (Fsp3) is 0.440. The second-order valence-corrected chi connectivity index (χ2v) is 11.2. The Kier molecular flexibility index (Phi) is 9.21. The molecule has 34 heavy (non-hydrogen) atoms. The van der Waals surface area contributed by atoms with E-state index in [4.69, 9.17) is 0 Å². The van der Waals surface area contributed by atoms with Crippen molar-refractivity contribution in [3.8, 4) is 0 Å². The summed E-state index contributed by atoms with van der Waals surface area (Å²) in [5.74, 6) is -0.977. The van der Waals surface area contributed by atoms with Crippen LogP contribution in [0.5, 0.6) is 0 Å². The first kappa shape index (κ1) is 27.3. The highest BCUT2D eigenvalue weighted by molar-refractivity contribution is 7.92. The fourth-order valence-electron chi connectivity index (χ4n) is 3.44. The number of halogens is 1. The zero-order valence-electron chi connectivity index (χ0n) is 20.4. The van der Waals surface area contributed by atoms with Crippen LogP contribution in [0.1, 0.15) is 46.1 Å². The summed E-state index contributed by atoms with van der Waals surface area (Å²) in [6.07, 6.45) is 1.45. The average molecular weight is 492 g/mol. The molecule has 9 heteroatoms. The van der Waals surface area contributed by atoms with Crippen LogP contribution in [0, 0.1) is 5.82 Å². The van der Waals surface area contributed by atoms with Crippen molar-refractivity contribution >= 4 is 27.5 Å². The number of amides is 2. The van der Waals surface area contributed by atoms with E-state index in [0.717, 1.165) is 6.26 Å². The predicted octanol–water partition coefficient (Wildman–Crippen LogP) is 3.70.